The monoisotopic (exact) mass is 179 g/mol. The summed E-state index contributed by atoms with van der Waals surface area (Å²) in [4.78, 5) is 0. The lowest BCUT2D eigenvalue weighted by Gasteiger charge is -2.08. The average Bonchev–Trinajstić information content (AvgIpc) is 2.12. The van der Waals surface area contributed by atoms with E-state index >= 15 is 0 Å². The molecule has 0 saturated carbocycles. The molecule has 0 N–H and O–H groups in total. The molecule has 0 aliphatic carbocycles. The van der Waals surface area contributed by atoms with Crippen LogP contribution in [0, 0.1) is 18.8 Å². The van der Waals surface area contributed by atoms with E-state index in [1.54, 1.807) is 6.07 Å². The molecular weight excluding hydrogens is 163 g/mol. The predicted molar refractivity (Wildman–Crippen MR) is 53.3 cm³/mol. The van der Waals surface area contributed by atoms with Crippen molar-refractivity contribution < 1.29 is 4.39 Å². The first kappa shape index (κ1) is 10.2. The van der Waals surface area contributed by atoms with E-state index in [0.717, 1.165) is 36.0 Å². The van der Waals surface area contributed by atoms with E-state index in [1.807, 2.05) is 13.8 Å². The highest BCUT2D eigenvalue weighted by atomic mass is 19.1. The summed E-state index contributed by atoms with van der Waals surface area (Å²) in [6.07, 6.45) is 2.56. The molecule has 1 aromatic carbocycles. The Balaban J connectivity index is 3.13. The molecule has 0 heterocycles. The summed E-state index contributed by atoms with van der Waals surface area (Å²) in [6, 6.07) is 4.87. The Morgan fingerprint density at radius 3 is 2.62 bits per heavy atom. The third kappa shape index (κ3) is 2.09. The van der Waals surface area contributed by atoms with Crippen molar-refractivity contribution in [3.8, 4) is 0 Å². The van der Waals surface area contributed by atoms with Gasteiger partial charge in [0.15, 0.2) is 0 Å². The van der Waals surface area contributed by atoms with E-state index < -0.39 is 0 Å². The maximum atomic E-state index is 13.7. The molecule has 0 spiro atoms. The molecule has 0 fully saturated rings. The van der Waals surface area contributed by atoms with Crippen LogP contribution in [0.15, 0.2) is 6.07 Å². The van der Waals surface area contributed by atoms with Crippen LogP contribution in [0.1, 0.15) is 37.0 Å². The molecule has 71 valence electrons. The third-order valence-corrected chi connectivity index (χ3v) is 2.34. The summed E-state index contributed by atoms with van der Waals surface area (Å²) >= 11 is 0. The molecule has 0 atom stereocenters. The number of benzene rings is 1. The van der Waals surface area contributed by atoms with Gasteiger partial charge in [-0.2, -0.15) is 0 Å². The Morgan fingerprint density at radius 1 is 1.38 bits per heavy atom. The molecule has 13 heavy (non-hydrogen) atoms. The zero-order valence-electron chi connectivity index (χ0n) is 8.58. The van der Waals surface area contributed by atoms with Crippen molar-refractivity contribution in [3.63, 3.8) is 0 Å². The van der Waals surface area contributed by atoms with Gasteiger partial charge in [0.1, 0.15) is 5.82 Å². The van der Waals surface area contributed by atoms with Crippen molar-refractivity contribution >= 4 is 0 Å². The molecule has 0 bridgehead atoms. The van der Waals surface area contributed by atoms with Gasteiger partial charge in [-0.05, 0) is 48.6 Å². The van der Waals surface area contributed by atoms with Crippen LogP contribution in [-0.2, 0) is 12.8 Å². The molecular formula is C12H16F. The normalized spacial score (nSPS) is 10.5. The zero-order valence-corrected chi connectivity index (χ0v) is 8.58. The maximum Gasteiger partial charge on any atom is 0.129 e. The van der Waals surface area contributed by atoms with E-state index in [2.05, 4.69) is 13.0 Å². The van der Waals surface area contributed by atoms with Crippen molar-refractivity contribution in [2.45, 2.75) is 40.0 Å². The molecule has 0 nitrogen and oxygen atoms in total. The lowest BCUT2D eigenvalue weighted by atomic mass is 9.99. The van der Waals surface area contributed by atoms with Crippen LogP contribution in [0.3, 0.4) is 0 Å². The number of hydrogen-bond donors (Lipinski definition) is 0. The topological polar surface area (TPSA) is 0 Å². The van der Waals surface area contributed by atoms with Crippen molar-refractivity contribution in [1.82, 2.24) is 0 Å². The van der Waals surface area contributed by atoms with Crippen molar-refractivity contribution in [2.24, 2.45) is 0 Å². The first-order chi connectivity index (χ1) is 6.20. The summed E-state index contributed by atoms with van der Waals surface area (Å²) in [7, 11) is 0. The summed E-state index contributed by atoms with van der Waals surface area (Å²) in [5.41, 5.74) is 2.59. The minimum absolute atomic E-state index is 0.0133. The quantitative estimate of drug-likeness (QED) is 0.666. The molecule has 0 unspecified atom stereocenters. The highest BCUT2D eigenvalue weighted by molar-refractivity contribution is 5.32. The van der Waals surface area contributed by atoms with Crippen LogP contribution in [-0.4, -0.2) is 0 Å². The van der Waals surface area contributed by atoms with Gasteiger partial charge in [0.05, 0.1) is 0 Å². The van der Waals surface area contributed by atoms with Crippen LogP contribution in [0.4, 0.5) is 4.39 Å². The highest BCUT2D eigenvalue weighted by Gasteiger charge is 2.08. The van der Waals surface area contributed by atoms with Crippen molar-refractivity contribution in [1.29, 1.82) is 0 Å². The molecule has 1 rings (SSSR count). The molecule has 0 aliphatic heterocycles. The van der Waals surface area contributed by atoms with Gasteiger partial charge < -0.3 is 0 Å². The van der Waals surface area contributed by atoms with Gasteiger partial charge in [0.2, 0.25) is 0 Å². The van der Waals surface area contributed by atoms with E-state index in [1.165, 1.54) is 0 Å². The Hall–Kier alpha value is -0.850. The highest BCUT2D eigenvalue weighted by Crippen LogP contribution is 2.18. The Bertz CT molecular complexity index is 289. The molecule has 0 amide bonds. The molecule has 0 saturated heterocycles. The second-order valence-electron chi connectivity index (χ2n) is 3.34. The molecule has 0 aliphatic rings. The summed E-state index contributed by atoms with van der Waals surface area (Å²) in [6.45, 7) is 5.96. The van der Waals surface area contributed by atoms with Crippen LogP contribution in [0.5, 0.6) is 0 Å². The Morgan fingerprint density at radius 2 is 2.08 bits per heavy atom. The molecule has 1 heteroatoms. The van der Waals surface area contributed by atoms with E-state index in [-0.39, 0.29) is 5.82 Å². The van der Waals surface area contributed by atoms with Crippen molar-refractivity contribution in [3.05, 3.63) is 34.6 Å². The molecule has 1 radical (unpaired) electrons. The van der Waals surface area contributed by atoms with Crippen LogP contribution >= 0.6 is 0 Å². The van der Waals surface area contributed by atoms with Gasteiger partial charge in [0.25, 0.3) is 0 Å². The zero-order chi connectivity index (χ0) is 9.84. The van der Waals surface area contributed by atoms with Crippen LogP contribution in [0.2, 0.25) is 0 Å². The first-order valence-corrected chi connectivity index (χ1v) is 4.89. The van der Waals surface area contributed by atoms with Crippen molar-refractivity contribution in [2.75, 3.05) is 0 Å². The van der Waals surface area contributed by atoms with Crippen LogP contribution in [0.25, 0.3) is 0 Å². The van der Waals surface area contributed by atoms with Gasteiger partial charge >= 0.3 is 0 Å². The predicted octanol–water partition coefficient (Wildman–Crippen LogP) is 3.45. The second-order valence-corrected chi connectivity index (χ2v) is 3.34. The van der Waals surface area contributed by atoms with E-state index in [0.29, 0.717) is 0 Å². The Labute approximate surface area is 79.8 Å². The smallest absolute Gasteiger partial charge is 0.129 e. The second kappa shape index (κ2) is 4.40. The minimum atomic E-state index is -0.0133. The largest absolute Gasteiger partial charge is 0.206 e. The van der Waals surface area contributed by atoms with Gasteiger partial charge in [-0.15, -0.1) is 0 Å². The van der Waals surface area contributed by atoms with E-state index in [9.17, 15) is 4.39 Å². The first-order valence-electron chi connectivity index (χ1n) is 4.89. The molecule has 0 aromatic heterocycles. The number of halogens is 1. The number of hydrogen-bond acceptors (Lipinski definition) is 0. The lowest BCUT2D eigenvalue weighted by Crippen LogP contribution is -1.99. The van der Waals surface area contributed by atoms with Gasteiger partial charge in [-0.25, -0.2) is 4.39 Å². The lowest BCUT2D eigenvalue weighted by molar-refractivity contribution is 0.590. The minimum Gasteiger partial charge on any atom is -0.206 e. The standard InChI is InChI=1S/C12H16F/c1-4-6-11-9(3)7-8-10(5-2)12(11)13/h8H,4-6H2,1-3H3. The van der Waals surface area contributed by atoms with E-state index in [4.69, 9.17) is 0 Å². The fraction of sp³-hybridized carbons (Fsp3) is 0.500. The summed E-state index contributed by atoms with van der Waals surface area (Å²) < 4.78 is 13.7. The SMILES string of the molecule is CCCc1c(C)[c]cc(CC)c1F. The Kier molecular flexibility index (Phi) is 3.47. The summed E-state index contributed by atoms with van der Waals surface area (Å²) in [5, 5.41) is 0. The maximum absolute atomic E-state index is 13.7. The average molecular weight is 179 g/mol. The number of aryl methyl sites for hydroxylation is 2. The van der Waals surface area contributed by atoms with Gasteiger partial charge in [0, 0.05) is 0 Å². The van der Waals surface area contributed by atoms with Gasteiger partial charge in [-0.1, -0.05) is 20.3 Å². The number of rotatable bonds is 3. The summed E-state index contributed by atoms with van der Waals surface area (Å²) in [5.74, 6) is -0.0133. The fourth-order valence-corrected chi connectivity index (χ4v) is 1.51. The van der Waals surface area contributed by atoms with Crippen LogP contribution < -0.4 is 0 Å². The third-order valence-electron chi connectivity index (χ3n) is 2.34. The molecule has 1 aromatic rings. The fourth-order valence-electron chi connectivity index (χ4n) is 1.51. The van der Waals surface area contributed by atoms with Gasteiger partial charge in [-0.3, -0.25) is 0 Å².